The zero-order valence-electron chi connectivity index (χ0n) is 10.6. The summed E-state index contributed by atoms with van der Waals surface area (Å²) >= 11 is 0. The molecule has 84 valence electrons. The van der Waals surface area contributed by atoms with Crippen LogP contribution in [-0.2, 0) is 0 Å². The molecule has 0 saturated heterocycles. The largest absolute Gasteiger partial charge is 0.0730 e. The molecule has 2 rings (SSSR count). The zero-order valence-corrected chi connectivity index (χ0v) is 10.6. The van der Waals surface area contributed by atoms with Crippen molar-refractivity contribution in [3.8, 4) is 0 Å². The number of hydrogen-bond acceptors (Lipinski definition) is 0. The van der Waals surface area contributed by atoms with Crippen LogP contribution in [0.2, 0.25) is 0 Å². The average Bonchev–Trinajstić information content (AvgIpc) is 2.19. The molecule has 0 heterocycles. The van der Waals surface area contributed by atoms with Crippen molar-refractivity contribution in [2.24, 2.45) is 17.8 Å². The summed E-state index contributed by atoms with van der Waals surface area (Å²) in [7, 11) is 0. The summed E-state index contributed by atoms with van der Waals surface area (Å²) in [4.78, 5) is 0. The Labute approximate surface area is 94.5 Å². The van der Waals surface area contributed by atoms with Gasteiger partial charge in [-0.2, -0.15) is 0 Å². The highest BCUT2D eigenvalue weighted by Gasteiger charge is 2.32. The molecule has 0 fully saturated rings. The van der Waals surface area contributed by atoms with E-state index in [2.05, 4.69) is 33.8 Å². The molecule has 2 aliphatic carbocycles. The Morgan fingerprint density at radius 1 is 1.13 bits per heavy atom. The molecule has 0 spiro atoms. The van der Waals surface area contributed by atoms with Crippen LogP contribution in [0.3, 0.4) is 0 Å². The van der Waals surface area contributed by atoms with Crippen LogP contribution in [0.1, 0.15) is 53.4 Å². The zero-order chi connectivity index (χ0) is 11.0. The van der Waals surface area contributed by atoms with E-state index < -0.39 is 0 Å². The maximum atomic E-state index is 2.48. The fourth-order valence-electron chi connectivity index (χ4n) is 3.39. The molecule has 0 aromatic carbocycles. The average molecular weight is 204 g/mol. The van der Waals surface area contributed by atoms with Crippen LogP contribution in [-0.4, -0.2) is 0 Å². The summed E-state index contributed by atoms with van der Waals surface area (Å²) in [5.74, 6) is 2.67. The Morgan fingerprint density at radius 2 is 1.87 bits per heavy atom. The minimum absolute atomic E-state index is 0.852. The highest BCUT2D eigenvalue weighted by Crippen LogP contribution is 2.44. The third kappa shape index (κ3) is 2.04. The van der Waals surface area contributed by atoms with Crippen molar-refractivity contribution in [1.29, 1.82) is 0 Å². The van der Waals surface area contributed by atoms with Crippen LogP contribution in [0, 0.1) is 17.8 Å². The summed E-state index contributed by atoms with van der Waals surface area (Å²) in [5, 5.41) is 0. The van der Waals surface area contributed by atoms with E-state index in [9.17, 15) is 0 Å². The fraction of sp³-hybridized carbons (Fsp3) is 0.733. The van der Waals surface area contributed by atoms with Gasteiger partial charge < -0.3 is 0 Å². The summed E-state index contributed by atoms with van der Waals surface area (Å²) in [6.07, 6.45) is 7.96. The Morgan fingerprint density at radius 3 is 2.53 bits per heavy atom. The van der Waals surface area contributed by atoms with Gasteiger partial charge in [0.1, 0.15) is 0 Å². The summed E-state index contributed by atoms with van der Waals surface area (Å²) in [6.45, 7) is 9.42. The molecule has 0 unspecified atom stereocenters. The first-order chi connectivity index (χ1) is 7.09. The quantitative estimate of drug-likeness (QED) is 0.579. The van der Waals surface area contributed by atoms with Crippen LogP contribution >= 0.6 is 0 Å². The van der Waals surface area contributed by atoms with Gasteiger partial charge in [0.15, 0.2) is 0 Å². The van der Waals surface area contributed by atoms with Crippen LogP contribution in [0.25, 0.3) is 0 Å². The van der Waals surface area contributed by atoms with E-state index in [-0.39, 0.29) is 0 Å². The number of allylic oxidation sites excluding steroid dienone is 4. The van der Waals surface area contributed by atoms with E-state index in [0.29, 0.717) is 0 Å². The molecule has 0 aromatic heterocycles. The third-order valence-electron chi connectivity index (χ3n) is 4.37. The molecule has 0 aromatic rings. The predicted octanol–water partition coefficient (Wildman–Crippen LogP) is 4.73. The SMILES string of the molecule is CC1=CC2=C(C)CC[C@H](C(C)C)[C@H]2CC1. The molecule has 15 heavy (non-hydrogen) atoms. The third-order valence-corrected chi connectivity index (χ3v) is 4.37. The van der Waals surface area contributed by atoms with E-state index in [0.717, 1.165) is 17.8 Å². The van der Waals surface area contributed by atoms with Crippen LogP contribution in [0.4, 0.5) is 0 Å². The van der Waals surface area contributed by atoms with Crippen LogP contribution < -0.4 is 0 Å². The first-order valence-electron chi connectivity index (χ1n) is 6.46. The van der Waals surface area contributed by atoms with Gasteiger partial charge in [-0.15, -0.1) is 0 Å². The molecular formula is C15H24. The van der Waals surface area contributed by atoms with Crippen molar-refractivity contribution < 1.29 is 0 Å². The standard InChI is InChI=1S/C15H24/c1-10(2)13-8-6-12(4)15-9-11(3)5-7-14(13)15/h9-10,13-14H,5-8H2,1-4H3/t13-,14-/m1/s1. The molecule has 0 bridgehead atoms. The first kappa shape index (κ1) is 11.0. The molecule has 0 amide bonds. The number of hydrogen-bond donors (Lipinski definition) is 0. The van der Waals surface area contributed by atoms with Gasteiger partial charge in [-0.05, 0) is 62.9 Å². The van der Waals surface area contributed by atoms with Crippen molar-refractivity contribution in [2.75, 3.05) is 0 Å². The number of fused-ring (bicyclic) bond motifs is 1. The second kappa shape index (κ2) is 4.15. The van der Waals surface area contributed by atoms with Gasteiger partial charge in [0, 0.05) is 0 Å². The van der Waals surface area contributed by atoms with Gasteiger partial charge in [-0.1, -0.05) is 31.1 Å². The van der Waals surface area contributed by atoms with E-state index in [1.165, 1.54) is 25.7 Å². The lowest BCUT2D eigenvalue weighted by molar-refractivity contribution is 0.239. The highest BCUT2D eigenvalue weighted by molar-refractivity contribution is 5.35. The molecule has 0 N–H and O–H groups in total. The number of rotatable bonds is 1. The van der Waals surface area contributed by atoms with Crippen LogP contribution in [0.15, 0.2) is 22.8 Å². The lowest BCUT2D eigenvalue weighted by Gasteiger charge is -2.39. The molecule has 2 aliphatic rings. The van der Waals surface area contributed by atoms with Crippen molar-refractivity contribution in [2.45, 2.75) is 53.4 Å². The van der Waals surface area contributed by atoms with Gasteiger partial charge in [0.05, 0.1) is 0 Å². The van der Waals surface area contributed by atoms with E-state index in [4.69, 9.17) is 0 Å². The molecular weight excluding hydrogens is 180 g/mol. The van der Waals surface area contributed by atoms with Gasteiger partial charge in [-0.25, -0.2) is 0 Å². The summed E-state index contributed by atoms with van der Waals surface area (Å²) < 4.78 is 0. The summed E-state index contributed by atoms with van der Waals surface area (Å²) in [5.41, 5.74) is 4.95. The van der Waals surface area contributed by atoms with Gasteiger partial charge in [0.2, 0.25) is 0 Å². The second-order valence-electron chi connectivity index (χ2n) is 5.82. The minimum atomic E-state index is 0.852. The Kier molecular flexibility index (Phi) is 3.04. The van der Waals surface area contributed by atoms with Crippen molar-refractivity contribution in [3.05, 3.63) is 22.8 Å². The normalized spacial score (nSPS) is 31.7. The smallest absolute Gasteiger partial charge is 0.0129 e. The monoisotopic (exact) mass is 204 g/mol. The van der Waals surface area contributed by atoms with Crippen molar-refractivity contribution in [1.82, 2.24) is 0 Å². The van der Waals surface area contributed by atoms with Crippen molar-refractivity contribution >= 4 is 0 Å². The molecule has 0 aliphatic heterocycles. The Balaban J connectivity index is 2.31. The van der Waals surface area contributed by atoms with Crippen LogP contribution in [0.5, 0.6) is 0 Å². The maximum absolute atomic E-state index is 2.48. The molecule has 0 nitrogen and oxygen atoms in total. The molecule has 0 radical (unpaired) electrons. The van der Waals surface area contributed by atoms with E-state index in [1.54, 1.807) is 16.7 Å². The maximum Gasteiger partial charge on any atom is -0.0129 e. The van der Waals surface area contributed by atoms with Gasteiger partial charge in [0.25, 0.3) is 0 Å². The second-order valence-corrected chi connectivity index (χ2v) is 5.82. The molecule has 2 atom stereocenters. The minimum Gasteiger partial charge on any atom is -0.0730 e. The molecule has 0 heteroatoms. The fourth-order valence-corrected chi connectivity index (χ4v) is 3.39. The van der Waals surface area contributed by atoms with E-state index >= 15 is 0 Å². The Hall–Kier alpha value is -0.520. The lowest BCUT2D eigenvalue weighted by Crippen LogP contribution is -2.27. The first-order valence-corrected chi connectivity index (χ1v) is 6.46. The van der Waals surface area contributed by atoms with Crippen molar-refractivity contribution in [3.63, 3.8) is 0 Å². The topological polar surface area (TPSA) is 0 Å². The van der Waals surface area contributed by atoms with Gasteiger partial charge in [-0.3, -0.25) is 0 Å². The predicted molar refractivity (Wildman–Crippen MR) is 66.7 cm³/mol. The highest BCUT2D eigenvalue weighted by atomic mass is 14.4. The lowest BCUT2D eigenvalue weighted by atomic mass is 9.66. The Bertz CT molecular complexity index is 304. The van der Waals surface area contributed by atoms with Gasteiger partial charge >= 0.3 is 0 Å². The summed E-state index contributed by atoms with van der Waals surface area (Å²) in [6, 6.07) is 0. The van der Waals surface area contributed by atoms with E-state index in [1.807, 2.05) is 0 Å². The molecule has 0 saturated carbocycles.